The Hall–Kier alpha value is -6.96. The highest BCUT2D eigenvalue weighted by molar-refractivity contribution is 6.01. The first kappa shape index (κ1) is 45.6. The monoisotopic (exact) mass is 893 g/mol. The number of carbonyl (C=O) groups excluding carboxylic acids is 4. The Morgan fingerprint density at radius 2 is 1.68 bits per heavy atom. The third kappa shape index (κ3) is 11.3. The first-order chi connectivity index (χ1) is 32.0. The minimum atomic E-state index is -0.605. The molecule has 5 heterocycles. The first-order valence-electron chi connectivity index (χ1n) is 22.7. The molecule has 4 atom stereocenters. The summed E-state index contributed by atoms with van der Waals surface area (Å²) < 4.78 is 17.1. The predicted octanol–water partition coefficient (Wildman–Crippen LogP) is 5.52. The maximum absolute atomic E-state index is 15.5. The van der Waals surface area contributed by atoms with Gasteiger partial charge in [-0.25, -0.2) is 9.37 Å². The number of hydrogen-bond acceptors (Lipinski definition) is 11. The molecule has 342 valence electrons. The number of anilines is 3. The summed E-state index contributed by atoms with van der Waals surface area (Å²) in [5, 5.41) is 25.3. The number of nitrogens with one attached hydrogen (secondary N) is 4. The lowest BCUT2D eigenvalue weighted by Gasteiger charge is -2.47. The van der Waals surface area contributed by atoms with Gasteiger partial charge in [0, 0.05) is 87.0 Å². The quantitative estimate of drug-likeness (QED) is 0.0973. The molecule has 5 aromatic rings. The molecular formula is C50H56FN11O4. The molecule has 16 heteroatoms. The molecule has 0 radical (unpaired) electrons. The Kier molecular flexibility index (Phi) is 14.4. The normalized spacial score (nSPS) is 19.8. The SMILES string of the molecule is C[C@@H]1CN(c2ccc(NC3CCC(=O)NC3=O)cc2F)C[C@H](C)N1CC1CCN(C(=O)Cn2cc(-c3ccc(NC(=O)C(NCCc4ccc(C#N)cc4)c4ccccc4)nc3)cn2)CC1. The van der Waals surface area contributed by atoms with Gasteiger partial charge in [0.25, 0.3) is 0 Å². The fourth-order valence-corrected chi connectivity index (χ4v) is 9.25. The standard InChI is InChI=1S/C50H56FN11O4/c1-33-28-60(44-15-13-41(24-42(44)51)56-43-14-17-46(63)58-49(43)65)29-34(2)62(33)30-37-19-22-59(23-20-37)47(64)32-61-31-40(27-55-61)39-12-16-45(54-26-39)57-50(66)48(38-6-4-3-5-7-38)53-21-18-35-8-10-36(25-52)11-9-35/h3-13,15-16,24,26-27,31,33-34,37,43,48,53,56H,14,17-23,28-30,32H2,1-2H3,(H,54,57,66)(H,58,63,65)/t33-,34+,43?,48?. The van der Waals surface area contributed by atoms with Crippen molar-refractivity contribution in [2.45, 2.75) is 76.7 Å². The van der Waals surface area contributed by atoms with E-state index < -0.39 is 18.0 Å². The van der Waals surface area contributed by atoms with E-state index in [0.29, 0.717) is 74.2 Å². The fraction of sp³-hybridized carbons (Fsp3) is 0.380. The number of carbonyl (C=O) groups is 4. The molecule has 66 heavy (non-hydrogen) atoms. The number of amides is 4. The van der Waals surface area contributed by atoms with E-state index in [9.17, 15) is 19.2 Å². The Balaban J connectivity index is 0.780. The maximum atomic E-state index is 15.5. The van der Waals surface area contributed by atoms with E-state index >= 15 is 4.39 Å². The number of benzene rings is 3. The topological polar surface area (TPSA) is 181 Å². The minimum Gasteiger partial charge on any atom is -0.374 e. The molecule has 3 saturated heterocycles. The van der Waals surface area contributed by atoms with Crippen molar-refractivity contribution in [3.8, 4) is 17.2 Å². The number of piperazine rings is 1. The van der Waals surface area contributed by atoms with Crippen molar-refractivity contribution in [3.63, 3.8) is 0 Å². The number of halogens is 1. The summed E-state index contributed by atoms with van der Waals surface area (Å²) in [6.45, 7) is 8.68. The number of hydrogen-bond donors (Lipinski definition) is 4. The van der Waals surface area contributed by atoms with Crippen LogP contribution in [0.5, 0.6) is 0 Å². The Labute approximate surface area is 384 Å². The van der Waals surface area contributed by atoms with Crippen molar-refractivity contribution >= 4 is 40.8 Å². The number of pyridine rings is 1. The molecule has 8 rings (SSSR count). The molecule has 3 aliphatic rings. The van der Waals surface area contributed by atoms with Crippen LogP contribution in [0.2, 0.25) is 0 Å². The second-order valence-corrected chi connectivity index (χ2v) is 17.6. The third-order valence-electron chi connectivity index (χ3n) is 12.9. The van der Waals surface area contributed by atoms with Crippen molar-refractivity contribution in [1.29, 1.82) is 5.26 Å². The summed E-state index contributed by atoms with van der Waals surface area (Å²) in [4.78, 5) is 61.7. The van der Waals surface area contributed by atoms with Gasteiger partial charge in [-0.1, -0.05) is 42.5 Å². The summed E-state index contributed by atoms with van der Waals surface area (Å²) in [5.41, 5.74) is 5.15. The molecule has 0 spiro atoms. The lowest BCUT2D eigenvalue weighted by atomic mass is 9.94. The van der Waals surface area contributed by atoms with Crippen LogP contribution in [-0.2, 0) is 32.1 Å². The van der Waals surface area contributed by atoms with E-state index in [1.807, 2.05) is 59.6 Å². The molecule has 0 bridgehead atoms. The molecule has 3 aromatic carbocycles. The van der Waals surface area contributed by atoms with Gasteiger partial charge in [-0.3, -0.25) is 34.1 Å². The summed E-state index contributed by atoms with van der Waals surface area (Å²) in [6, 6.07) is 26.9. The van der Waals surface area contributed by atoms with E-state index in [4.69, 9.17) is 5.26 Å². The molecule has 15 nitrogen and oxygen atoms in total. The lowest BCUT2D eigenvalue weighted by molar-refractivity contribution is -0.134. The number of piperidine rings is 2. The highest BCUT2D eigenvalue weighted by Crippen LogP contribution is 2.30. The third-order valence-corrected chi connectivity index (χ3v) is 12.9. The van der Waals surface area contributed by atoms with E-state index in [-0.39, 0.29) is 48.6 Å². The van der Waals surface area contributed by atoms with Crippen LogP contribution < -0.4 is 26.2 Å². The van der Waals surface area contributed by atoms with Gasteiger partial charge in [0.05, 0.1) is 23.5 Å². The Morgan fingerprint density at radius 3 is 2.36 bits per heavy atom. The lowest BCUT2D eigenvalue weighted by Crippen LogP contribution is -2.58. The van der Waals surface area contributed by atoms with Crippen LogP contribution in [0.1, 0.15) is 62.3 Å². The van der Waals surface area contributed by atoms with Gasteiger partial charge in [0.1, 0.15) is 30.3 Å². The average molecular weight is 894 g/mol. The van der Waals surface area contributed by atoms with Crippen molar-refractivity contribution in [1.82, 2.24) is 35.2 Å². The van der Waals surface area contributed by atoms with E-state index in [1.165, 1.54) is 6.07 Å². The van der Waals surface area contributed by atoms with Crippen LogP contribution in [0, 0.1) is 23.1 Å². The molecule has 0 saturated carbocycles. The number of likely N-dealkylation sites (tertiary alicyclic amines) is 1. The summed E-state index contributed by atoms with van der Waals surface area (Å²) >= 11 is 0. The van der Waals surface area contributed by atoms with Gasteiger partial charge in [0.2, 0.25) is 23.6 Å². The highest BCUT2D eigenvalue weighted by atomic mass is 19.1. The van der Waals surface area contributed by atoms with Gasteiger partial charge in [-0.2, -0.15) is 10.4 Å². The summed E-state index contributed by atoms with van der Waals surface area (Å²) in [5.74, 6) is -0.395. The Bertz CT molecular complexity index is 2530. The maximum Gasteiger partial charge on any atom is 0.249 e. The number of aromatic nitrogens is 3. The van der Waals surface area contributed by atoms with E-state index in [0.717, 1.165) is 41.6 Å². The minimum absolute atomic E-state index is 0.0217. The summed E-state index contributed by atoms with van der Waals surface area (Å²) in [6.07, 6.45) is 8.35. The summed E-state index contributed by atoms with van der Waals surface area (Å²) in [7, 11) is 0. The van der Waals surface area contributed by atoms with Crippen LogP contribution in [0.4, 0.5) is 21.6 Å². The van der Waals surface area contributed by atoms with Crippen LogP contribution in [0.15, 0.2) is 104 Å². The van der Waals surface area contributed by atoms with Gasteiger partial charge >= 0.3 is 0 Å². The number of imide groups is 1. The predicted molar refractivity (Wildman–Crippen MR) is 249 cm³/mol. The van der Waals surface area contributed by atoms with Crippen molar-refractivity contribution in [2.24, 2.45) is 5.92 Å². The second kappa shape index (κ2) is 20.9. The highest BCUT2D eigenvalue weighted by Gasteiger charge is 2.34. The van der Waals surface area contributed by atoms with E-state index in [1.54, 1.807) is 47.4 Å². The van der Waals surface area contributed by atoms with Crippen LogP contribution in [-0.4, -0.2) is 106 Å². The molecule has 3 aliphatic heterocycles. The largest absolute Gasteiger partial charge is 0.374 e. The molecule has 0 aliphatic carbocycles. The fourth-order valence-electron chi connectivity index (χ4n) is 9.25. The van der Waals surface area contributed by atoms with Crippen molar-refractivity contribution < 1.29 is 23.6 Å². The molecule has 4 N–H and O–H groups in total. The zero-order valence-corrected chi connectivity index (χ0v) is 37.3. The van der Waals surface area contributed by atoms with Crippen LogP contribution >= 0.6 is 0 Å². The first-order valence-corrected chi connectivity index (χ1v) is 22.7. The molecule has 2 unspecified atom stereocenters. The van der Waals surface area contributed by atoms with Crippen molar-refractivity contribution in [3.05, 3.63) is 126 Å². The number of nitriles is 1. The second-order valence-electron chi connectivity index (χ2n) is 17.6. The smallest absolute Gasteiger partial charge is 0.249 e. The van der Waals surface area contributed by atoms with Gasteiger partial charge in [0.15, 0.2) is 0 Å². The van der Waals surface area contributed by atoms with Gasteiger partial charge in [-0.15, -0.1) is 0 Å². The average Bonchev–Trinajstić information content (AvgIpc) is 3.79. The molecule has 4 amide bonds. The zero-order chi connectivity index (χ0) is 46.2. The number of nitrogens with zero attached hydrogens (tertiary/aromatic N) is 7. The van der Waals surface area contributed by atoms with Gasteiger partial charge in [-0.05, 0) is 99.0 Å². The number of rotatable bonds is 15. The Morgan fingerprint density at radius 1 is 0.924 bits per heavy atom. The molecule has 2 aromatic heterocycles. The molecular weight excluding hydrogens is 838 g/mol. The van der Waals surface area contributed by atoms with Crippen molar-refractivity contribution in [2.75, 3.05) is 54.8 Å². The van der Waals surface area contributed by atoms with Crippen LogP contribution in [0.25, 0.3) is 11.1 Å². The van der Waals surface area contributed by atoms with E-state index in [2.05, 4.69) is 61.1 Å². The molecule has 3 fully saturated rings. The van der Waals surface area contributed by atoms with Crippen LogP contribution in [0.3, 0.4) is 0 Å². The zero-order valence-electron chi connectivity index (χ0n) is 37.3. The van der Waals surface area contributed by atoms with Gasteiger partial charge < -0.3 is 25.8 Å².